The summed E-state index contributed by atoms with van der Waals surface area (Å²) in [5.41, 5.74) is -0.239. The minimum atomic E-state index is -1.77. The third kappa shape index (κ3) is 4.51. The molecule has 0 radical (unpaired) electrons. The van der Waals surface area contributed by atoms with Gasteiger partial charge >= 0.3 is 12.1 Å². The molecule has 2 aromatic rings. The third-order valence-corrected chi connectivity index (χ3v) is 5.80. The fourth-order valence-electron chi connectivity index (χ4n) is 3.19. The Bertz CT molecular complexity index is 1050. The topological polar surface area (TPSA) is 109 Å². The Balaban J connectivity index is 2.03. The number of carboxylic acid groups (broad SMARTS) is 2. The van der Waals surface area contributed by atoms with Crippen molar-refractivity contribution in [3.8, 4) is 11.5 Å². The number of amidine groups is 1. The van der Waals surface area contributed by atoms with Gasteiger partial charge in [0.1, 0.15) is 11.5 Å². The monoisotopic (exact) mass is 442 g/mol. The molecule has 0 fully saturated rings. The molecule has 31 heavy (non-hydrogen) atoms. The number of thioether (sulfide) groups is 1. The number of carbonyl (C=O) groups is 2. The molecule has 1 atom stereocenters. The van der Waals surface area contributed by atoms with Crippen molar-refractivity contribution in [2.24, 2.45) is 4.99 Å². The number of benzene rings is 2. The molecule has 0 aromatic heterocycles. The molecular formula is C22H22N2O6S. The number of aliphatic carboxylic acids is 1. The van der Waals surface area contributed by atoms with Gasteiger partial charge in [-0.15, -0.1) is 0 Å². The summed E-state index contributed by atoms with van der Waals surface area (Å²) < 4.78 is 10.4. The van der Waals surface area contributed by atoms with Crippen LogP contribution in [0.1, 0.15) is 18.1 Å². The van der Waals surface area contributed by atoms with Crippen LogP contribution in [0.25, 0.3) is 0 Å². The number of rotatable bonds is 6. The summed E-state index contributed by atoms with van der Waals surface area (Å²) in [7, 11) is 3.06. The number of allylic oxidation sites excluding steroid dienone is 1. The standard InChI is InChI=1S/C22H22N2O6S/c1-14-12-22(19(25)26,16-5-4-6-18(11-16)30-3)23-20(24(14)21(27)28)31-13-15-7-9-17(29-2)10-8-15/h4-12H,13H2,1-3H3,(H,25,26)(H,27,28). The molecular weight excluding hydrogens is 420 g/mol. The highest BCUT2D eigenvalue weighted by atomic mass is 32.2. The first-order valence-corrected chi connectivity index (χ1v) is 10.3. The van der Waals surface area contributed by atoms with Crippen LogP contribution in [0.15, 0.2) is 65.3 Å². The lowest BCUT2D eigenvalue weighted by Crippen LogP contribution is -2.43. The van der Waals surface area contributed by atoms with E-state index in [0.29, 0.717) is 22.8 Å². The Labute approximate surface area is 183 Å². The van der Waals surface area contributed by atoms with Crippen molar-refractivity contribution in [3.63, 3.8) is 0 Å². The van der Waals surface area contributed by atoms with E-state index in [1.54, 1.807) is 50.4 Å². The zero-order chi connectivity index (χ0) is 22.6. The molecule has 0 saturated heterocycles. The number of hydrogen-bond donors (Lipinski definition) is 2. The van der Waals surface area contributed by atoms with Gasteiger partial charge in [0.15, 0.2) is 5.17 Å². The summed E-state index contributed by atoms with van der Waals surface area (Å²) >= 11 is 1.15. The van der Waals surface area contributed by atoms with Crippen LogP contribution in [0.3, 0.4) is 0 Å². The average molecular weight is 442 g/mol. The Morgan fingerprint density at radius 1 is 1.06 bits per heavy atom. The molecule has 2 N–H and O–H groups in total. The van der Waals surface area contributed by atoms with Gasteiger partial charge in [-0.2, -0.15) is 0 Å². The van der Waals surface area contributed by atoms with Crippen LogP contribution in [0.4, 0.5) is 4.79 Å². The SMILES string of the molecule is COc1ccc(CSC2=NC(C(=O)O)(c3cccc(OC)c3)C=C(C)N2C(=O)O)cc1. The molecule has 1 aliphatic rings. The molecule has 0 bridgehead atoms. The number of nitrogens with zero attached hydrogens (tertiary/aromatic N) is 2. The van der Waals surface area contributed by atoms with Crippen LogP contribution >= 0.6 is 11.8 Å². The van der Waals surface area contributed by atoms with E-state index in [4.69, 9.17) is 9.47 Å². The highest BCUT2D eigenvalue weighted by Crippen LogP contribution is 2.38. The summed E-state index contributed by atoms with van der Waals surface area (Å²) in [6.45, 7) is 1.55. The van der Waals surface area contributed by atoms with E-state index in [1.165, 1.54) is 13.2 Å². The van der Waals surface area contributed by atoms with E-state index >= 15 is 0 Å². The molecule has 0 saturated carbocycles. The van der Waals surface area contributed by atoms with Gasteiger partial charge in [-0.05, 0) is 48.4 Å². The van der Waals surface area contributed by atoms with Crippen LogP contribution in [0.5, 0.6) is 11.5 Å². The van der Waals surface area contributed by atoms with E-state index in [9.17, 15) is 19.8 Å². The van der Waals surface area contributed by atoms with Gasteiger partial charge in [-0.3, -0.25) is 0 Å². The number of carboxylic acids is 1. The van der Waals surface area contributed by atoms with E-state index in [1.807, 2.05) is 12.1 Å². The first-order valence-electron chi connectivity index (χ1n) is 9.26. The molecule has 8 nitrogen and oxygen atoms in total. The van der Waals surface area contributed by atoms with Crippen LogP contribution in [-0.2, 0) is 16.1 Å². The second-order valence-corrected chi connectivity index (χ2v) is 7.68. The zero-order valence-electron chi connectivity index (χ0n) is 17.2. The molecule has 1 unspecified atom stereocenters. The Morgan fingerprint density at radius 3 is 2.32 bits per heavy atom. The van der Waals surface area contributed by atoms with Gasteiger partial charge < -0.3 is 19.7 Å². The summed E-state index contributed by atoms with van der Waals surface area (Å²) in [5, 5.41) is 19.9. The minimum Gasteiger partial charge on any atom is -0.497 e. The van der Waals surface area contributed by atoms with Crippen LogP contribution in [0.2, 0.25) is 0 Å². The van der Waals surface area contributed by atoms with Crippen molar-refractivity contribution in [1.82, 2.24) is 4.90 Å². The maximum Gasteiger partial charge on any atom is 0.417 e. The van der Waals surface area contributed by atoms with Gasteiger partial charge in [0, 0.05) is 11.4 Å². The Morgan fingerprint density at radius 2 is 1.74 bits per heavy atom. The maximum atomic E-state index is 12.4. The highest BCUT2D eigenvalue weighted by Gasteiger charge is 2.44. The molecule has 0 spiro atoms. The van der Waals surface area contributed by atoms with E-state index < -0.39 is 17.6 Å². The molecule has 0 aliphatic carbocycles. The molecule has 1 heterocycles. The molecule has 9 heteroatoms. The molecule has 3 rings (SSSR count). The number of methoxy groups -OCH3 is 2. The van der Waals surface area contributed by atoms with Gasteiger partial charge in [0.05, 0.1) is 14.2 Å². The summed E-state index contributed by atoms with van der Waals surface area (Å²) in [6.07, 6.45) is 0.106. The minimum absolute atomic E-state index is 0.0773. The Kier molecular flexibility index (Phi) is 6.55. The van der Waals surface area contributed by atoms with Crippen LogP contribution < -0.4 is 9.47 Å². The second-order valence-electron chi connectivity index (χ2n) is 6.74. The van der Waals surface area contributed by atoms with Crippen molar-refractivity contribution in [3.05, 3.63) is 71.4 Å². The van der Waals surface area contributed by atoms with E-state index in [2.05, 4.69) is 4.99 Å². The first-order chi connectivity index (χ1) is 14.8. The lowest BCUT2D eigenvalue weighted by Gasteiger charge is -2.33. The van der Waals surface area contributed by atoms with Crippen molar-refractivity contribution in [2.45, 2.75) is 18.2 Å². The van der Waals surface area contributed by atoms with E-state index in [-0.39, 0.29) is 10.9 Å². The molecule has 1 amide bonds. The summed E-state index contributed by atoms with van der Waals surface area (Å²) in [6, 6.07) is 13.9. The van der Waals surface area contributed by atoms with Gasteiger partial charge in [0.25, 0.3) is 0 Å². The average Bonchev–Trinajstić information content (AvgIpc) is 2.77. The highest BCUT2D eigenvalue weighted by molar-refractivity contribution is 8.13. The number of hydrogen-bond acceptors (Lipinski definition) is 6. The van der Waals surface area contributed by atoms with E-state index in [0.717, 1.165) is 22.2 Å². The van der Waals surface area contributed by atoms with Crippen molar-refractivity contribution < 1.29 is 29.3 Å². The summed E-state index contributed by atoms with van der Waals surface area (Å²) in [5.74, 6) is 0.367. The fourth-order valence-corrected chi connectivity index (χ4v) is 4.24. The largest absolute Gasteiger partial charge is 0.497 e. The quantitative estimate of drug-likeness (QED) is 0.691. The van der Waals surface area contributed by atoms with Crippen molar-refractivity contribution in [2.75, 3.05) is 14.2 Å². The molecule has 2 aromatic carbocycles. The lowest BCUT2D eigenvalue weighted by atomic mass is 9.88. The second kappa shape index (κ2) is 9.13. The molecule has 162 valence electrons. The predicted molar refractivity (Wildman–Crippen MR) is 118 cm³/mol. The predicted octanol–water partition coefficient (Wildman–Crippen LogP) is 4.17. The van der Waals surface area contributed by atoms with Crippen molar-refractivity contribution >= 4 is 29.0 Å². The van der Waals surface area contributed by atoms with Gasteiger partial charge in [0.2, 0.25) is 5.54 Å². The zero-order valence-corrected chi connectivity index (χ0v) is 18.0. The first kappa shape index (κ1) is 22.2. The number of aliphatic imine (C=N–C) groups is 1. The summed E-state index contributed by atoms with van der Waals surface area (Å²) in [4.78, 5) is 29.7. The van der Waals surface area contributed by atoms with Crippen molar-refractivity contribution in [1.29, 1.82) is 0 Å². The van der Waals surface area contributed by atoms with Crippen LogP contribution in [-0.4, -0.2) is 46.6 Å². The fraction of sp³-hybridized carbons (Fsp3) is 0.227. The lowest BCUT2D eigenvalue weighted by molar-refractivity contribution is -0.141. The maximum absolute atomic E-state index is 12.4. The van der Waals surface area contributed by atoms with Crippen LogP contribution in [0, 0.1) is 0 Å². The van der Waals surface area contributed by atoms with Gasteiger partial charge in [-0.1, -0.05) is 36.0 Å². The third-order valence-electron chi connectivity index (χ3n) is 4.79. The van der Waals surface area contributed by atoms with Gasteiger partial charge in [-0.25, -0.2) is 19.5 Å². The molecule has 1 aliphatic heterocycles. The number of amides is 1. The normalized spacial score (nSPS) is 18.1. The smallest absolute Gasteiger partial charge is 0.417 e. The Hall–Kier alpha value is -3.46. The number of ether oxygens (including phenoxy) is 2.